The normalized spacial score (nSPS) is 14.7. The van der Waals surface area contributed by atoms with Crippen molar-refractivity contribution in [2.75, 3.05) is 14.1 Å². The molecule has 3 heterocycles. The van der Waals surface area contributed by atoms with Gasteiger partial charge in [-0.3, -0.25) is 4.79 Å². The molecule has 126 valence electrons. The van der Waals surface area contributed by atoms with Gasteiger partial charge in [0.1, 0.15) is 17.2 Å². The summed E-state index contributed by atoms with van der Waals surface area (Å²) < 4.78 is 2.87. The number of fused-ring (bicyclic) bond motifs is 3. The first-order valence-corrected chi connectivity index (χ1v) is 8.79. The summed E-state index contributed by atoms with van der Waals surface area (Å²) in [5.74, 6) is 0.947. The number of aromatic nitrogens is 4. The summed E-state index contributed by atoms with van der Waals surface area (Å²) in [5, 5.41) is 5.42. The SMILES string of the molecule is Cc1sc2nc(C3CC3)n3c(=O)n(CC(=O)N(C)C)nc3c2c1C. The molecular weight excluding hydrogens is 326 g/mol. The highest BCUT2D eigenvalue weighted by Crippen LogP contribution is 2.41. The number of likely N-dealkylation sites (N-methyl/N-ethyl adjacent to an activating group) is 1. The van der Waals surface area contributed by atoms with Gasteiger partial charge in [-0.05, 0) is 32.3 Å². The van der Waals surface area contributed by atoms with Crippen molar-refractivity contribution in [1.82, 2.24) is 24.1 Å². The molecule has 3 aromatic heterocycles. The average Bonchev–Trinajstić information content (AvgIpc) is 3.27. The number of thiophene rings is 1. The average molecular weight is 345 g/mol. The second kappa shape index (κ2) is 5.14. The number of carbonyl (C=O) groups is 1. The van der Waals surface area contributed by atoms with Crippen LogP contribution in [0.25, 0.3) is 15.9 Å². The summed E-state index contributed by atoms with van der Waals surface area (Å²) >= 11 is 1.64. The maximum atomic E-state index is 12.9. The highest BCUT2D eigenvalue weighted by atomic mass is 32.1. The van der Waals surface area contributed by atoms with Crippen LogP contribution in [0.3, 0.4) is 0 Å². The van der Waals surface area contributed by atoms with E-state index in [4.69, 9.17) is 4.98 Å². The number of amides is 1. The molecule has 0 aliphatic heterocycles. The molecule has 0 spiro atoms. The van der Waals surface area contributed by atoms with Crippen LogP contribution in [0.5, 0.6) is 0 Å². The predicted octanol–water partition coefficient (Wildman–Crippen LogP) is 1.69. The van der Waals surface area contributed by atoms with Gasteiger partial charge in [0.25, 0.3) is 0 Å². The molecule has 4 rings (SSSR count). The number of rotatable bonds is 3. The molecule has 3 aromatic rings. The summed E-state index contributed by atoms with van der Waals surface area (Å²) in [4.78, 5) is 33.2. The van der Waals surface area contributed by atoms with Gasteiger partial charge in [-0.1, -0.05) is 0 Å². The molecule has 0 atom stereocenters. The largest absolute Gasteiger partial charge is 0.352 e. The van der Waals surface area contributed by atoms with E-state index in [1.807, 2.05) is 6.92 Å². The van der Waals surface area contributed by atoms with Crippen LogP contribution in [0, 0.1) is 13.8 Å². The topological polar surface area (TPSA) is 72.5 Å². The Morgan fingerprint density at radius 2 is 2.04 bits per heavy atom. The second-order valence-electron chi connectivity index (χ2n) is 6.60. The smallest absolute Gasteiger partial charge is 0.347 e. The van der Waals surface area contributed by atoms with Gasteiger partial charge in [0.2, 0.25) is 5.91 Å². The van der Waals surface area contributed by atoms with E-state index >= 15 is 0 Å². The zero-order valence-electron chi connectivity index (χ0n) is 14.2. The van der Waals surface area contributed by atoms with Gasteiger partial charge in [-0.15, -0.1) is 16.4 Å². The number of carbonyl (C=O) groups excluding carboxylic acids is 1. The summed E-state index contributed by atoms with van der Waals surface area (Å²) in [5.41, 5.74) is 1.45. The van der Waals surface area contributed by atoms with Crippen LogP contribution in [-0.2, 0) is 11.3 Å². The van der Waals surface area contributed by atoms with Gasteiger partial charge in [-0.2, -0.15) is 0 Å². The van der Waals surface area contributed by atoms with Crippen molar-refractivity contribution >= 4 is 33.1 Å². The van der Waals surface area contributed by atoms with E-state index in [0.717, 1.165) is 34.4 Å². The Hall–Kier alpha value is -2.22. The fourth-order valence-corrected chi connectivity index (χ4v) is 3.90. The number of aryl methyl sites for hydroxylation is 2. The Labute approximate surface area is 142 Å². The molecule has 1 amide bonds. The summed E-state index contributed by atoms with van der Waals surface area (Å²) in [7, 11) is 3.34. The van der Waals surface area contributed by atoms with Crippen molar-refractivity contribution in [2.45, 2.75) is 39.2 Å². The van der Waals surface area contributed by atoms with Gasteiger partial charge in [-0.25, -0.2) is 18.9 Å². The molecule has 1 fully saturated rings. The van der Waals surface area contributed by atoms with E-state index in [-0.39, 0.29) is 18.1 Å². The predicted molar refractivity (Wildman–Crippen MR) is 92.8 cm³/mol. The van der Waals surface area contributed by atoms with E-state index < -0.39 is 0 Å². The Kier molecular flexibility index (Phi) is 3.28. The maximum absolute atomic E-state index is 12.9. The lowest BCUT2D eigenvalue weighted by Gasteiger charge is -2.08. The molecule has 0 N–H and O–H groups in total. The van der Waals surface area contributed by atoms with Crippen molar-refractivity contribution in [1.29, 1.82) is 0 Å². The molecule has 0 saturated heterocycles. The van der Waals surface area contributed by atoms with E-state index in [9.17, 15) is 9.59 Å². The first kappa shape index (κ1) is 15.3. The van der Waals surface area contributed by atoms with Crippen LogP contribution < -0.4 is 5.69 Å². The Bertz CT molecular complexity index is 1040. The lowest BCUT2D eigenvalue weighted by molar-refractivity contribution is -0.129. The summed E-state index contributed by atoms with van der Waals surface area (Å²) in [6.07, 6.45) is 2.09. The molecule has 0 radical (unpaired) electrons. The lowest BCUT2D eigenvalue weighted by atomic mass is 10.2. The van der Waals surface area contributed by atoms with Crippen LogP contribution in [0.15, 0.2) is 4.79 Å². The first-order chi connectivity index (χ1) is 11.4. The van der Waals surface area contributed by atoms with Crippen LogP contribution in [-0.4, -0.2) is 44.1 Å². The molecule has 24 heavy (non-hydrogen) atoms. The van der Waals surface area contributed by atoms with Crippen molar-refractivity contribution in [3.05, 3.63) is 26.7 Å². The zero-order chi connectivity index (χ0) is 17.2. The van der Waals surface area contributed by atoms with Gasteiger partial charge in [0, 0.05) is 24.9 Å². The van der Waals surface area contributed by atoms with E-state index in [1.54, 1.807) is 29.8 Å². The van der Waals surface area contributed by atoms with Gasteiger partial charge in [0.15, 0.2) is 5.65 Å². The molecule has 1 saturated carbocycles. The van der Waals surface area contributed by atoms with Crippen molar-refractivity contribution < 1.29 is 4.79 Å². The maximum Gasteiger partial charge on any atom is 0.352 e. The third-order valence-corrected chi connectivity index (χ3v) is 5.70. The quantitative estimate of drug-likeness (QED) is 0.724. The molecule has 7 nitrogen and oxygen atoms in total. The summed E-state index contributed by atoms with van der Waals surface area (Å²) in [6, 6.07) is 0. The standard InChI is InChI=1S/C16H19N5O2S/c1-8-9(2)24-15-12(8)14-18-20(7-11(22)19(3)4)16(23)21(14)13(17-15)10-5-6-10/h10H,5-7H2,1-4H3. The van der Waals surface area contributed by atoms with Crippen molar-refractivity contribution in [2.24, 2.45) is 0 Å². The Morgan fingerprint density at radius 1 is 1.33 bits per heavy atom. The van der Waals surface area contributed by atoms with Crippen LogP contribution in [0.1, 0.15) is 35.0 Å². The molecule has 0 bridgehead atoms. The van der Waals surface area contributed by atoms with Crippen LogP contribution in [0.4, 0.5) is 0 Å². The minimum Gasteiger partial charge on any atom is -0.347 e. The lowest BCUT2D eigenvalue weighted by Crippen LogP contribution is -2.32. The fourth-order valence-electron chi connectivity index (χ4n) is 2.87. The van der Waals surface area contributed by atoms with Crippen LogP contribution in [0.2, 0.25) is 0 Å². The van der Waals surface area contributed by atoms with Gasteiger partial charge < -0.3 is 4.90 Å². The third kappa shape index (κ3) is 2.16. The number of hydrogen-bond donors (Lipinski definition) is 0. The number of hydrogen-bond acceptors (Lipinski definition) is 5. The highest BCUT2D eigenvalue weighted by Gasteiger charge is 2.31. The molecule has 0 aromatic carbocycles. The Morgan fingerprint density at radius 3 is 2.67 bits per heavy atom. The summed E-state index contributed by atoms with van der Waals surface area (Å²) in [6.45, 7) is 4.03. The zero-order valence-corrected chi connectivity index (χ0v) is 15.0. The minimum absolute atomic E-state index is 0.0543. The molecular formula is C16H19N5O2S. The van der Waals surface area contributed by atoms with Gasteiger partial charge >= 0.3 is 5.69 Å². The molecule has 8 heteroatoms. The Balaban J connectivity index is 2.03. The number of nitrogens with zero attached hydrogens (tertiary/aromatic N) is 5. The van der Waals surface area contributed by atoms with E-state index in [0.29, 0.717) is 11.6 Å². The first-order valence-electron chi connectivity index (χ1n) is 7.97. The minimum atomic E-state index is -0.278. The second-order valence-corrected chi connectivity index (χ2v) is 7.80. The fraction of sp³-hybridized carbons (Fsp3) is 0.500. The van der Waals surface area contributed by atoms with Gasteiger partial charge in [0.05, 0.1) is 5.39 Å². The monoisotopic (exact) mass is 345 g/mol. The van der Waals surface area contributed by atoms with Crippen LogP contribution >= 0.6 is 11.3 Å². The van der Waals surface area contributed by atoms with E-state index in [1.165, 1.54) is 14.5 Å². The van der Waals surface area contributed by atoms with Crippen molar-refractivity contribution in [3.8, 4) is 0 Å². The molecule has 0 unspecified atom stereocenters. The van der Waals surface area contributed by atoms with Crippen molar-refractivity contribution in [3.63, 3.8) is 0 Å². The molecule has 1 aliphatic rings. The molecule has 1 aliphatic carbocycles. The third-order valence-electron chi connectivity index (χ3n) is 4.60. The highest BCUT2D eigenvalue weighted by molar-refractivity contribution is 7.18. The van der Waals surface area contributed by atoms with E-state index in [2.05, 4.69) is 12.0 Å².